The molecule has 0 aliphatic carbocycles. The van der Waals surface area contributed by atoms with E-state index in [0.29, 0.717) is 44.7 Å². The maximum Gasteiger partial charge on any atom is 0.303 e. The lowest BCUT2D eigenvalue weighted by Crippen LogP contribution is -2.38. The summed E-state index contributed by atoms with van der Waals surface area (Å²) >= 11 is 0. The minimum Gasteiger partial charge on any atom is -0.481 e. The van der Waals surface area contributed by atoms with Crippen LogP contribution in [0.15, 0.2) is 18.2 Å². The lowest BCUT2D eigenvalue weighted by atomic mass is 9.90. The third-order valence-corrected chi connectivity index (χ3v) is 4.51. The van der Waals surface area contributed by atoms with Gasteiger partial charge in [-0.1, -0.05) is 6.07 Å². The number of unbranched alkanes of at least 4 members (excludes halogenated alkanes) is 1. The van der Waals surface area contributed by atoms with Gasteiger partial charge < -0.3 is 10.0 Å². The van der Waals surface area contributed by atoms with Crippen LogP contribution in [0.4, 0.5) is 8.78 Å². The van der Waals surface area contributed by atoms with Gasteiger partial charge in [-0.2, -0.15) is 0 Å². The van der Waals surface area contributed by atoms with E-state index in [2.05, 4.69) is 0 Å². The van der Waals surface area contributed by atoms with E-state index in [1.54, 1.807) is 6.07 Å². The number of piperidine rings is 1. The van der Waals surface area contributed by atoms with Gasteiger partial charge in [-0.25, -0.2) is 8.78 Å². The maximum atomic E-state index is 13.2. The topological polar surface area (TPSA) is 57.6 Å². The van der Waals surface area contributed by atoms with Gasteiger partial charge in [0.25, 0.3) is 0 Å². The number of carbonyl (C=O) groups is 2. The number of rotatable bonds is 7. The molecule has 4 nitrogen and oxygen atoms in total. The first-order valence-electron chi connectivity index (χ1n) is 8.39. The number of likely N-dealkylation sites (tertiary alicyclic amines) is 1. The van der Waals surface area contributed by atoms with E-state index in [-0.39, 0.29) is 12.3 Å². The minimum atomic E-state index is -0.833. The van der Waals surface area contributed by atoms with Crippen molar-refractivity contribution in [1.82, 2.24) is 4.90 Å². The molecule has 1 aliphatic rings. The Morgan fingerprint density at radius 3 is 2.38 bits per heavy atom. The number of carboxylic acids is 1. The summed E-state index contributed by atoms with van der Waals surface area (Å²) in [6, 6.07) is 4.01. The molecule has 0 saturated carbocycles. The second kappa shape index (κ2) is 8.76. The van der Waals surface area contributed by atoms with E-state index >= 15 is 0 Å². The molecule has 1 N–H and O–H groups in total. The van der Waals surface area contributed by atoms with E-state index in [1.165, 1.54) is 6.07 Å². The highest BCUT2D eigenvalue weighted by Gasteiger charge is 2.22. The van der Waals surface area contributed by atoms with Crippen LogP contribution in [0, 0.1) is 17.6 Å². The average molecular weight is 339 g/mol. The fraction of sp³-hybridized carbons (Fsp3) is 0.556. The third-order valence-electron chi connectivity index (χ3n) is 4.51. The van der Waals surface area contributed by atoms with E-state index in [4.69, 9.17) is 5.11 Å². The molecule has 24 heavy (non-hydrogen) atoms. The molecule has 1 aromatic carbocycles. The summed E-state index contributed by atoms with van der Waals surface area (Å²) in [7, 11) is 0. The Balaban J connectivity index is 1.71. The van der Waals surface area contributed by atoms with Crippen LogP contribution in [-0.2, 0) is 16.0 Å². The first-order valence-corrected chi connectivity index (χ1v) is 8.39. The van der Waals surface area contributed by atoms with E-state index in [1.807, 2.05) is 4.90 Å². The second-order valence-electron chi connectivity index (χ2n) is 6.38. The van der Waals surface area contributed by atoms with Gasteiger partial charge in [0.1, 0.15) is 0 Å². The first-order chi connectivity index (χ1) is 11.5. The Kier molecular flexibility index (Phi) is 6.70. The van der Waals surface area contributed by atoms with Crippen LogP contribution in [-0.4, -0.2) is 35.0 Å². The van der Waals surface area contributed by atoms with Crippen LogP contribution in [0.3, 0.4) is 0 Å². The molecule has 1 amide bonds. The average Bonchev–Trinajstić information content (AvgIpc) is 2.55. The Bertz CT molecular complexity index is 584. The number of hydrogen-bond acceptors (Lipinski definition) is 2. The summed E-state index contributed by atoms with van der Waals surface area (Å²) in [6.45, 7) is 1.35. The lowest BCUT2D eigenvalue weighted by Gasteiger charge is -2.32. The Hall–Kier alpha value is -1.98. The Morgan fingerprint density at radius 2 is 1.75 bits per heavy atom. The molecular formula is C18H23F2NO3. The van der Waals surface area contributed by atoms with Crippen molar-refractivity contribution in [2.75, 3.05) is 13.1 Å². The lowest BCUT2D eigenvalue weighted by molar-refractivity contribution is -0.137. The number of halogens is 2. The third kappa shape index (κ3) is 5.58. The smallest absolute Gasteiger partial charge is 0.303 e. The largest absolute Gasteiger partial charge is 0.481 e. The summed E-state index contributed by atoms with van der Waals surface area (Å²) in [5.74, 6) is -2.04. The number of benzene rings is 1. The van der Waals surface area contributed by atoms with Crippen molar-refractivity contribution in [2.24, 2.45) is 5.92 Å². The zero-order valence-corrected chi connectivity index (χ0v) is 13.6. The van der Waals surface area contributed by atoms with Crippen molar-refractivity contribution in [3.63, 3.8) is 0 Å². The monoisotopic (exact) mass is 339 g/mol. The molecule has 0 atom stereocenters. The molecule has 0 spiro atoms. The SMILES string of the molecule is O=C(O)CCCCC(=O)N1CCC(Cc2ccc(F)c(F)c2)CC1. The molecule has 2 rings (SSSR count). The van der Waals surface area contributed by atoms with E-state index in [0.717, 1.165) is 24.5 Å². The van der Waals surface area contributed by atoms with Crippen molar-refractivity contribution in [3.05, 3.63) is 35.4 Å². The van der Waals surface area contributed by atoms with Crippen molar-refractivity contribution < 1.29 is 23.5 Å². The van der Waals surface area contributed by atoms with Crippen LogP contribution >= 0.6 is 0 Å². The maximum absolute atomic E-state index is 13.2. The quantitative estimate of drug-likeness (QED) is 0.775. The van der Waals surface area contributed by atoms with Gasteiger partial charge >= 0.3 is 5.97 Å². The van der Waals surface area contributed by atoms with Crippen LogP contribution < -0.4 is 0 Å². The first kappa shape index (κ1) is 18.4. The van der Waals surface area contributed by atoms with Crippen molar-refractivity contribution >= 4 is 11.9 Å². The number of nitrogens with zero attached hydrogens (tertiary/aromatic N) is 1. The normalized spacial score (nSPS) is 15.5. The highest BCUT2D eigenvalue weighted by Crippen LogP contribution is 2.23. The van der Waals surface area contributed by atoms with Crippen molar-refractivity contribution in [2.45, 2.75) is 44.9 Å². The molecule has 0 radical (unpaired) electrons. The second-order valence-corrected chi connectivity index (χ2v) is 6.38. The van der Waals surface area contributed by atoms with Gasteiger partial charge in [0.2, 0.25) is 5.91 Å². The number of hydrogen-bond donors (Lipinski definition) is 1. The molecule has 1 aromatic rings. The summed E-state index contributed by atoms with van der Waals surface area (Å²) in [6.07, 6.45) is 4.00. The van der Waals surface area contributed by atoms with Crippen LogP contribution in [0.1, 0.15) is 44.1 Å². The fourth-order valence-corrected chi connectivity index (χ4v) is 3.10. The van der Waals surface area contributed by atoms with Gasteiger partial charge in [0.15, 0.2) is 11.6 Å². The molecule has 0 bridgehead atoms. The van der Waals surface area contributed by atoms with Crippen LogP contribution in [0.5, 0.6) is 0 Å². The predicted molar refractivity (Wildman–Crippen MR) is 85.5 cm³/mol. The number of aliphatic carboxylic acids is 1. The standard InChI is InChI=1S/C18H23F2NO3/c19-15-6-5-14(12-16(15)20)11-13-7-9-21(10-8-13)17(22)3-1-2-4-18(23)24/h5-6,12-13H,1-4,7-11H2,(H,23,24). The van der Waals surface area contributed by atoms with Crippen molar-refractivity contribution in [1.29, 1.82) is 0 Å². The summed E-state index contributed by atoms with van der Waals surface area (Å²) < 4.78 is 26.2. The van der Waals surface area contributed by atoms with Gasteiger partial charge in [0, 0.05) is 25.9 Å². The fourth-order valence-electron chi connectivity index (χ4n) is 3.10. The molecule has 1 fully saturated rings. The predicted octanol–water partition coefficient (Wildman–Crippen LogP) is 3.39. The molecule has 132 valence electrons. The van der Waals surface area contributed by atoms with E-state index < -0.39 is 17.6 Å². The molecule has 0 unspecified atom stereocenters. The Labute approximate surface area is 140 Å². The zero-order chi connectivity index (χ0) is 17.5. The number of carboxylic acid groups (broad SMARTS) is 1. The highest BCUT2D eigenvalue weighted by molar-refractivity contribution is 5.76. The Morgan fingerprint density at radius 1 is 1.08 bits per heavy atom. The number of amides is 1. The van der Waals surface area contributed by atoms with Crippen LogP contribution in [0.2, 0.25) is 0 Å². The van der Waals surface area contributed by atoms with Gasteiger partial charge in [-0.15, -0.1) is 0 Å². The van der Waals surface area contributed by atoms with Gasteiger partial charge in [-0.3, -0.25) is 9.59 Å². The highest BCUT2D eigenvalue weighted by atomic mass is 19.2. The van der Waals surface area contributed by atoms with Gasteiger partial charge in [-0.05, 0) is 55.7 Å². The molecule has 6 heteroatoms. The summed E-state index contributed by atoms with van der Waals surface area (Å²) in [5, 5.41) is 8.57. The van der Waals surface area contributed by atoms with E-state index in [9.17, 15) is 18.4 Å². The molecule has 1 saturated heterocycles. The molecule has 0 aromatic heterocycles. The summed E-state index contributed by atoms with van der Waals surface area (Å²) in [5.41, 5.74) is 0.785. The number of carbonyl (C=O) groups excluding carboxylic acids is 1. The van der Waals surface area contributed by atoms with Crippen LogP contribution in [0.25, 0.3) is 0 Å². The summed E-state index contributed by atoms with van der Waals surface area (Å²) in [4.78, 5) is 24.3. The van der Waals surface area contributed by atoms with Crippen molar-refractivity contribution in [3.8, 4) is 0 Å². The zero-order valence-electron chi connectivity index (χ0n) is 13.6. The molecule has 1 heterocycles. The molecular weight excluding hydrogens is 316 g/mol. The minimum absolute atomic E-state index is 0.0756. The van der Waals surface area contributed by atoms with Gasteiger partial charge in [0.05, 0.1) is 0 Å². The molecule has 1 aliphatic heterocycles.